The third-order valence-electron chi connectivity index (χ3n) is 3.69. The van der Waals surface area contributed by atoms with E-state index in [1.54, 1.807) is 12.1 Å². The molecule has 0 radical (unpaired) electrons. The van der Waals surface area contributed by atoms with Gasteiger partial charge in [0.05, 0.1) is 18.7 Å². The minimum absolute atomic E-state index is 0.301. The minimum Gasteiger partial charge on any atom is -0.434 e. The number of rotatable bonds is 8. The van der Waals surface area contributed by atoms with Gasteiger partial charge in [0.25, 0.3) is 0 Å². The first-order valence-corrected chi connectivity index (χ1v) is 8.76. The monoisotopic (exact) mass is 367 g/mol. The van der Waals surface area contributed by atoms with Crippen LogP contribution in [0.15, 0.2) is 48.5 Å². The summed E-state index contributed by atoms with van der Waals surface area (Å²) in [4.78, 5) is 26.9. The third-order valence-corrected chi connectivity index (χ3v) is 3.69. The Morgan fingerprint density at radius 2 is 1.52 bits per heavy atom. The predicted molar refractivity (Wildman–Crippen MR) is 100 cm³/mol. The largest absolute Gasteiger partial charge is 0.513 e. The highest BCUT2D eigenvalue weighted by molar-refractivity contribution is 5.91. The second-order valence-electron chi connectivity index (χ2n) is 5.78. The highest BCUT2D eigenvalue weighted by Gasteiger charge is 2.10. The Morgan fingerprint density at radius 3 is 2.11 bits per heavy atom. The summed E-state index contributed by atoms with van der Waals surface area (Å²) in [7, 11) is 0. The Balaban J connectivity index is 1.81. The fourth-order valence-corrected chi connectivity index (χ4v) is 2.22. The van der Waals surface area contributed by atoms with E-state index in [1.807, 2.05) is 0 Å². The lowest BCUT2D eigenvalue weighted by molar-refractivity contribution is 0.0733. The summed E-state index contributed by atoms with van der Waals surface area (Å²) in [6.45, 7) is 9.34. The van der Waals surface area contributed by atoms with Crippen molar-refractivity contribution in [1.29, 1.82) is 0 Å². The second kappa shape index (κ2) is 10.6. The van der Waals surface area contributed by atoms with Gasteiger partial charge in [-0.05, 0) is 30.7 Å². The Labute approximate surface area is 158 Å². The molecule has 0 spiro atoms. The molecule has 27 heavy (non-hydrogen) atoms. The average molecular weight is 367 g/mol. The quantitative estimate of drug-likeness (QED) is 0.201. The van der Waals surface area contributed by atoms with E-state index in [2.05, 4.69) is 11.8 Å². The maximum atomic E-state index is 12.1. The van der Waals surface area contributed by atoms with Crippen LogP contribution >= 0.6 is 0 Å². The molecule has 6 nitrogen and oxygen atoms in total. The van der Waals surface area contributed by atoms with Crippen molar-refractivity contribution in [2.24, 2.45) is 0 Å². The van der Waals surface area contributed by atoms with Crippen LogP contribution < -0.4 is 9.47 Å². The summed E-state index contributed by atoms with van der Waals surface area (Å²) in [6, 6.07) is 12.2. The molecule has 0 N–H and O–H groups in total. The van der Waals surface area contributed by atoms with E-state index in [0.29, 0.717) is 29.4 Å². The first kappa shape index (κ1) is 20.0. The van der Waals surface area contributed by atoms with Crippen LogP contribution in [0.1, 0.15) is 43.0 Å². The Hall–Kier alpha value is -3.33. The van der Waals surface area contributed by atoms with Crippen LogP contribution in [0.4, 0.5) is 10.5 Å². The Morgan fingerprint density at radius 1 is 0.889 bits per heavy atom. The van der Waals surface area contributed by atoms with E-state index < -0.39 is 12.1 Å². The molecule has 2 aromatic rings. The molecule has 0 heterocycles. The van der Waals surface area contributed by atoms with Gasteiger partial charge in [-0.2, -0.15) is 0 Å². The number of carbonyl (C=O) groups is 2. The summed E-state index contributed by atoms with van der Waals surface area (Å²) in [5.74, 6) is 0.0796. The summed E-state index contributed by atoms with van der Waals surface area (Å²) >= 11 is 0. The lowest BCUT2D eigenvalue weighted by Crippen LogP contribution is -2.11. The zero-order chi connectivity index (χ0) is 19.5. The van der Waals surface area contributed by atoms with Crippen LogP contribution in [-0.4, -0.2) is 18.7 Å². The molecule has 2 rings (SSSR count). The SMILES string of the molecule is [C-]#[N+]c1ccc(C(=O)Oc2ccc(OC(=O)OCCCCCC)cc2)cc1. The highest BCUT2D eigenvalue weighted by atomic mass is 16.7. The van der Waals surface area contributed by atoms with Crippen molar-refractivity contribution in [3.8, 4) is 11.5 Å². The molecular formula is C21H21NO5. The second-order valence-corrected chi connectivity index (χ2v) is 5.78. The molecule has 0 aliphatic rings. The van der Waals surface area contributed by atoms with Crippen LogP contribution in [0.5, 0.6) is 11.5 Å². The molecular weight excluding hydrogens is 346 g/mol. The molecule has 0 aliphatic heterocycles. The molecule has 0 saturated carbocycles. The predicted octanol–water partition coefficient (Wildman–Crippen LogP) is 5.55. The maximum absolute atomic E-state index is 12.1. The zero-order valence-corrected chi connectivity index (χ0v) is 15.1. The summed E-state index contributed by atoms with van der Waals surface area (Å²) in [5, 5.41) is 0. The average Bonchev–Trinajstić information content (AvgIpc) is 2.69. The summed E-state index contributed by atoms with van der Waals surface area (Å²) in [6.07, 6.45) is 3.31. The molecule has 6 heteroatoms. The van der Waals surface area contributed by atoms with Gasteiger partial charge in [-0.3, -0.25) is 0 Å². The number of hydrogen-bond acceptors (Lipinski definition) is 5. The minimum atomic E-state index is -0.754. The number of hydrogen-bond donors (Lipinski definition) is 0. The normalized spacial score (nSPS) is 9.93. The molecule has 0 fully saturated rings. The number of nitrogens with zero attached hydrogens (tertiary/aromatic N) is 1. The molecule has 0 bridgehead atoms. The van der Waals surface area contributed by atoms with Gasteiger partial charge in [0.2, 0.25) is 0 Å². The van der Waals surface area contributed by atoms with Crippen molar-refractivity contribution in [2.45, 2.75) is 32.6 Å². The van der Waals surface area contributed by atoms with E-state index in [0.717, 1.165) is 25.7 Å². The van der Waals surface area contributed by atoms with Gasteiger partial charge >= 0.3 is 12.1 Å². The number of ether oxygens (including phenoxy) is 3. The fourth-order valence-electron chi connectivity index (χ4n) is 2.22. The maximum Gasteiger partial charge on any atom is 0.513 e. The number of carbonyl (C=O) groups excluding carboxylic acids is 2. The molecule has 0 aliphatic carbocycles. The van der Waals surface area contributed by atoms with Gasteiger partial charge in [-0.25, -0.2) is 14.4 Å². The molecule has 0 amide bonds. The van der Waals surface area contributed by atoms with E-state index in [1.165, 1.54) is 36.4 Å². The van der Waals surface area contributed by atoms with Crippen molar-refractivity contribution in [2.75, 3.05) is 6.61 Å². The third kappa shape index (κ3) is 6.83. The van der Waals surface area contributed by atoms with E-state index in [-0.39, 0.29) is 0 Å². The van der Waals surface area contributed by atoms with Gasteiger partial charge in [-0.1, -0.05) is 50.5 Å². The van der Waals surface area contributed by atoms with E-state index >= 15 is 0 Å². The highest BCUT2D eigenvalue weighted by Crippen LogP contribution is 2.20. The Kier molecular flexibility index (Phi) is 7.86. The summed E-state index contributed by atoms with van der Waals surface area (Å²) in [5.41, 5.74) is 0.791. The lowest BCUT2D eigenvalue weighted by Gasteiger charge is -2.07. The van der Waals surface area contributed by atoms with E-state index in [4.69, 9.17) is 20.8 Å². The van der Waals surface area contributed by atoms with Crippen LogP contribution in [-0.2, 0) is 4.74 Å². The van der Waals surface area contributed by atoms with Gasteiger partial charge in [0.1, 0.15) is 11.5 Å². The first-order chi connectivity index (χ1) is 13.1. The molecule has 0 aromatic heterocycles. The number of esters is 1. The van der Waals surface area contributed by atoms with Crippen LogP contribution in [0.2, 0.25) is 0 Å². The van der Waals surface area contributed by atoms with Gasteiger partial charge in [0.15, 0.2) is 5.69 Å². The number of benzene rings is 2. The lowest BCUT2D eigenvalue weighted by atomic mass is 10.2. The van der Waals surface area contributed by atoms with Gasteiger partial charge < -0.3 is 14.2 Å². The van der Waals surface area contributed by atoms with Crippen molar-refractivity contribution < 1.29 is 23.8 Å². The molecule has 0 unspecified atom stereocenters. The molecule has 0 atom stereocenters. The van der Waals surface area contributed by atoms with E-state index in [9.17, 15) is 9.59 Å². The van der Waals surface area contributed by atoms with Crippen LogP contribution in [0.3, 0.4) is 0 Å². The van der Waals surface area contributed by atoms with Crippen LogP contribution in [0, 0.1) is 6.57 Å². The summed E-state index contributed by atoms with van der Waals surface area (Å²) < 4.78 is 15.3. The Bertz CT molecular complexity index is 791. The standard InChI is InChI=1S/C21H21NO5/c1-3-4-5-6-15-25-21(24)27-19-13-11-18(12-14-19)26-20(23)16-7-9-17(22-2)10-8-16/h7-14H,3-6,15H2,1H3. The van der Waals surface area contributed by atoms with Gasteiger partial charge in [-0.15, -0.1) is 0 Å². The molecule has 2 aromatic carbocycles. The fraction of sp³-hybridized carbons (Fsp3) is 0.286. The number of unbranched alkanes of at least 4 members (excludes halogenated alkanes) is 3. The molecule has 140 valence electrons. The van der Waals surface area contributed by atoms with Crippen LogP contribution in [0.25, 0.3) is 4.85 Å². The smallest absolute Gasteiger partial charge is 0.434 e. The topological polar surface area (TPSA) is 66.2 Å². The first-order valence-electron chi connectivity index (χ1n) is 8.76. The van der Waals surface area contributed by atoms with Gasteiger partial charge in [0, 0.05) is 0 Å². The zero-order valence-electron chi connectivity index (χ0n) is 15.1. The van der Waals surface area contributed by atoms with Crippen molar-refractivity contribution in [1.82, 2.24) is 0 Å². The van der Waals surface area contributed by atoms with Crippen molar-refractivity contribution in [3.63, 3.8) is 0 Å². The van der Waals surface area contributed by atoms with Crippen molar-refractivity contribution in [3.05, 3.63) is 65.5 Å². The molecule has 0 saturated heterocycles. The van der Waals surface area contributed by atoms with Crippen molar-refractivity contribution >= 4 is 17.8 Å².